The van der Waals surface area contributed by atoms with Gasteiger partial charge in [0.25, 0.3) is 0 Å². The van der Waals surface area contributed by atoms with E-state index in [9.17, 15) is 8.42 Å². The minimum Gasteiger partial charge on any atom is -0.381 e. The Bertz CT molecular complexity index is 513. The zero-order valence-electron chi connectivity index (χ0n) is 14.7. The van der Waals surface area contributed by atoms with Gasteiger partial charge in [-0.05, 0) is 38.5 Å². The molecule has 1 atom stereocenters. The molecule has 6 nitrogen and oxygen atoms in total. The van der Waals surface area contributed by atoms with E-state index in [2.05, 4.69) is 17.1 Å². The van der Waals surface area contributed by atoms with Gasteiger partial charge in [0.05, 0.1) is 11.3 Å². The number of rotatable bonds is 4. The molecule has 1 N–H and O–H groups in total. The lowest BCUT2D eigenvalue weighted by Gasteiger charge is -2.36. The number of likely N-dealkylation sites (tertiary alicyclic amines) is 1. The highest BCUT2D eigenvalue weighted by atomic mass is 32.2. The third-order valence-corrected chi connectivity index (χ3v) is 7.11. The summed E-state index contributed by atoms with van der Waals surface area (Å²) in [6.45, 7) is 8.39. The molecule has 2 fully saturated rings. The van der Waals surface area contributed by atoms with Crippen molar-refractivity contribution >= 4 is 15.8 Å². The molecule has 0 spiro atoms. The van der Waals surface area contributed by atoms with E-state index in [0.717, 1.165) is 32.0 Å². The van der Waals surface area contributed by atoms with Gasteiger partial charge in [-0.3, -0.25) is 4.99 Å². The number of aliphatic imine (C=N–C) groups is 1. The van der Waals surface area contributed by atoms with Crippen LogP contribution in [0.4, 0.5) is 0 Å². The lowest BCUT2D eigenvalue weighted by Crippen LogP contribution is -2.49. The number of sulfone groups is 1. The van der Waals surface area contributed by atoms with Crippen molar-refractivity contribution in [3.63, 3.8) is 0 Å². The Morgan fingerprint density at radius 2 is 2.09 bits per heavy atom. The van der Waals surface area contributed by atoms with Crippen molar-refractivity contribution < 1.29 is 13.2 Å². The van der Waals surface area contributed by atoms with Crippen LogP contribution in [0.1, 0.15) is 39.5 Å². The number of piperidine rings is 1. The number of hydrogen-bond acceptors (Lipinski definition) is 4. The summed E-state index contributed by atoms with van der Waals surface area (Å²) in [4.78, 5) is 7.00. The third kappa shape index (κ3) is 4.59. The highest BCUT2D eigenvalue weighted by molar-refractivity contribution is 7.92. The molecule has 1 unspecified atom stereocenters. The van der Waals surface area contributed by atoms with Gasteiger partial charge in [-0.1, -0.05) is 6.92 Å². The Morgan fingerprint density at radius 3 is 2.65 bits per heavy atom. The maximum atomic E-state index is 12.3. The van der Waals surface area contributed by atoms with Crippen LogP contribution in [-0.4, -0.2) is 69.7 Å². The predicted molar refractivity (Wildman–Crippen MR) is 93.6 cm³/mol. The Morgan fingerprint density at radius 1 is 1.39 bits per heavy atom. The molecule has 7 heteroatoms. The highest BCUT2D eigenvalue weighted by Crippen LogP contribution is 2.30. The second-order valence-electron chi connectivity index (χ2n) is 6.93. The predicted octanol–water partition coefficient (Wildman–Crippen LogP) is 1.28. The first kappa shape index (κ1) is 18.5. The summed E-state index contributed by atoms with van der Waals surface area (Å²) in [6.07, 6.45) is 4.82. The number of nitrogens with one attached hydrogen (secondary N) is 1. The number of guanidine groups is 1. The molecule has 0 aromatic carbocycles. The Labute approximate surface area is 140 Å². The second kappa shape index (κ2) is 7.83. The zero-order chi connectivity index (χ0) is 16.9. The summed E-state index contributed by atoms with van der Waals surface area (Å²) in [7, 11) is -3.17. The van der Waals surface area contributed by atoms with Crippen LogP contribution in [0.25, 0.3) is 0 Å². The van der Waals surface area contributed by atoms with Gasteiger partial charge in [-0.2, -0.15) is 0 Å². The van der Waals surface area contributed by atoms with Crippen LogP contribution in [0.15, 0.2) is 4.99 Å². The molecule has 2 rings (SSSR count). The van der Waals surface area contributed by atoms with Crippen molar-refractivity contribution in [1.29, 1.82) is 0 Å². The van der Waals surface area contributed by atoms with Crippen molar-refractivity contribution in [2.45, 2.75) is 44.3 Å². The fraction of sp³-hybridized carbons (Fsp3) is 0.938. The van der Waals surface area contributed by atoms with Crippen LogP contribution < -0.4 is 5.32 Å². The van der Waals surface area contributed by atoms with Crippen molar-refractivity contribution in [3.05, 3.63) is 0 Å². The maximum Gasteiger partial charge on any atom is 0.193 e. The topological polar surface area (TPSA) is 71.0 Å². The molecule has 2 saturated heterocycles. The molecule has 0 aromatic heterocycles. The molecule has 0 radical (unpaired) electrons. The van der Waals surface area contributed by atoms with Gasteiger partial charge in [-0.25, -0.2) is 8.42 Å². The molecule has 2 heterocycles. The molecule has 134 valence electrons. The largest absolute Gasteiger partial charge is 0.381 e. The first-order valence-electron chi connectivity index (χ1n) is 8.68. The average molecular weight is 346 g/mol. The van der Waals surface area contributed by atoms with Crippen LogP contribution in [0.3, 0.4) is 0 Å². The van der Waals surface area contributed by atoms with Crippen LogP contribution >= 0.6 is 0 Å². The van der Waals surface area contributed by atoms with E-state index < -0.39 is 14.6 Å². The fourth-order valence-electron chi connectivity index (χ4n) is 3.42. The minimum atomic E-state index is -3.17. The summed E-state index contributed by atoms with van der Waals surface area (Å²) >= 11 is 0. The summed E-state index contributed by atoms with van der Waals surface area (Å²) in [5.41, 5.74) is 0. The van der Waals surface area contributed by atoms with E-state index >= 15 is 0 Å². The first-order chi connectivity index (χ1) is 10.9. The maximum absolute atomic E-state index is 12.3. The van der Waals surface area contributed by atoms with Crippen LogP contribution in [0, 0.1) is 5.92 Å². The van der Waals surface area contributed by atoms with Gasteiger partial charge in [0.1, 0.15) is 0 Å². The lowest BCUT2D eigenvalue weighted by atomic mass is 9.99. The van der Waals surface area contributed by atoms with E-state index in [4.69, 9.17) is 9.73 Å². The standard InChI is InChI=1S/C16H31N3O3S/c1-4-17-15(19-9-5-6-14(2)12-19)18-13-16(23(3,20)21)7-10-22-11-8-16/h14H,4-13H2,1-3H3,(H,17,18). The molecule has 0 aromatic rings. The number of ether oxygens (including phenoxy) is 1. The highest BCUT2D eigenvalue weighted by Gasteiger charge is 2.42. The van der Waals surface area contributed by atoms with E-state index in [1.165, 1.54) is 12.7 Å². The Hall–Kier alpha value is -0.820. The lowest BCUT2D eigenvalue weighted by molar-refractivity contribution is 0.0767. The molecule has 0 saturated carbocycles. The Balaban J connectivity index is 2.17. The Kier molecular flexibility index (Phi) is 6.31. The monoisotopic (exact) mass is 345 g/mol. The van der Waals surface area contributed by atoms with Gasteiger partial charge in [0.2, 0.25) is 0 Å². The van der Waals surface area contributed by atoms with Gasteiger partial charge in [0.15, 0.2) is 15.8 Å². The van der Waals surface area contributed by atoms with Gasteiger partial charge >= 0.3 is 0 Å². The molecular weight excluding hydrogens is 314 g/mol. The van der Waals surface area contributed by atoms with Crippen molar-refractivity contribution in [1.82, 2.24) is 10.2 Å². The van der Waals surface area contributed by atoms with E-state index in [1.807, 2.05) is 6.92 Å². The van der Waals surface area contributed by atoms with E-state index in [0.29, 0.717) is 38.5 Å². The number of nitrogens with zero attached hydrogens (tertiary/aromatic N) is 2. The minimum absolute atomic E-state index is 0.322. The molecule has 0 aliphatic carbocycles. The van der Waals surface area contributed by atoms with Crippen LogP contribution in [0.2, 0.25) is 0 Å². The molecular formula is C16H31N3O3S. The fourth-order valence-corrected chi connectivity index (χ4v) is 4.62. The summed E-state index contributed by atoms with van der Waals surface area (Å²) in [5, 5.41) is 3.33. The third-order valence-electron chi connectivity index (χ3n) is 5.00. The molecule has 2 aliphatic heterocycles. The summed E-state index contributed by atoms with van der Waals surface area (Å²) in [6, 6.07) is 0. The van der Waals surface area contributed by atoms with Gasteiger partial charge < -0.3 is 15.0 Å². The summed E-state index contributed by atoms with van der Waals surface area (Å²) < 4.78 is 29.3. The average Bonchev–Trinajstić information content (AvgIpc) is 2.51. The normalized spacial score (nSPS) is 26.1. The smallest absolute Gasteiger partial charge is 0.193 e. The van der Waals surface area contributed by atoms with Crippen molar-refractivity contribution in [2.75, 3.05) is 45.6 Å². The zero-order valence-corrected chi connectivity index (χ0v) is 15.5. The van der Waals surface area contributed by atoms with Gasteiger partial charge in [0, 0.05) is 39.1 Å². The van der Waals surface area contributed by atoms with Gasteiger partial charge in [-0.15, -0.1) is 0 Å². The number of hydrogen-bond donors (Lipinski definition) is 1. The summed E-state index contributed by atoms with van der Waals surface area (Å²) in [5.74, 6) is 1.51. The molecule has 0 amide bonds. The quantitative estimate of drug-likeness (QED) is 0.614. The molecule has 0 bridgehead atoms. The van der Waals surface area contributed by atoms with Crippen molar-refractivity contribution in [2.24, 2.45) is 10.9 Å². The molecule has 23 heavy (non-hydrogen) atoms. The first-order valence-corrected chi connectivity index (χ1v) is 10.6. The van der Waals surface area contributed by atoms with E-state index in [1.54, 1.807) is 0 Å². The second-order valence-corrected chi connectivity index (χ2v) is 9.34. The SMILES string of the molecule is CCNC(=NCC1(S(C)(=O)=O)CCOCC1)N1CCCC(C)C1. The van der Waals surface area contributed by atoms with E-state index in [-0.39, 0.29) is 0 Å². The molecule has 2 aliphatic rings. The van der Waals surface area contributed by atoms with Crippen LogP contribution in [0.5, 0.6) is 0 Å². The van der Waals surface area contributed by atoms with Crippen molar-refractivity contribution in [3.8, 4) is 0 Å². The van der Waals surface area contributed by atoms with Crippen LogP contribution in [-0.2, 0) is 14.6 Å².